The number of esters is 1. The molecule has 0 aliphatic heterocycles. The molecule has 0 saturated heterocycles. The van der Waals surface area contributed by atoms with Crippen LogP contribution in [0.4, 0.5) is 0 Å². The molecular formula is C12H15O3. The Kier molecular flexibility index (Phi) is 2.41. The number of ether oxygens (including phenoxy) is 1. The Balaban J connectivity index is 2.21. The van der Waals surface area contributed by atoms with Crippen molar-refractivity contribution >= 4 is 12.3 Å². The third kappa shape index (κ3) is 1.50. The summed E-state index contributed by atoms with van der Waals surface area (Å²) in [6.07, 6.45) is 7.19. The van der Waals surface area contributed by atoms with Crippen LogP contribution in [0.2, 0.25) is 0 Å². The Morgan fingerprint density at radius 2 is 2.33 bits per heavy atom. The van der Waals surface area contributed by atoms with E-state index in [1.54, 1.807) is 0 Å². The van der Waals surface area contributed by atoms with Gasteiger partial charge in [-0.2, -0.15) is 0 Å². The molecule has 0 spiro atoms. The lowest BCUT2D eigenvalue weighted by molar-refractivity contribution is -0.159. The number of fused-ring (bicyclic) bond motifs is 2. The fraction of sp³-hybridized carbons (Fsp3) is 0.583. The van der Waals surface area contributed by atoms with E-state index in [9.17, 15) is 9.59 Å². The molecule has 2 aliphatic rings. The van der Waals surface area contributed by atoms with Crippen molar-refractivity contribution in [3.8, 4) is 0 Å². The van der Waals surface area contributed by atoms with E-state index in [1.807, 2.05) is 32.4 Å². The van der Waals surface area contributed by atoms with Gasteiger partial charge in [-0.1, -0.05) is 12.2 Å². The van der Waals surface area contributed by atoms with Gasteiger partial charge in [0.15, 0.2) is 0 Å². The molecule has 0 N–H and O–H groups in total. The molecule has 3 unspecified atom stereocenters. The Hall–Kier alpha value is -1.12. The van der Waals surface area contributed by atoms with Gasteiger partial charge in [0.25, 0.3) is 0 Å². The van der Waals surface area contributed by atoms with Crippen molar-refractivity contribution in [1.82, 2.24) is 0 Å². The second kappa shape index (κ2) is 3.47. The van der Waals surface area contributed by atoms with Crippen LogP contribution in [0.15, 0.2) is 12.2 Å². The van der Waals surface area contributed by atoms with Crippen LogP contribution in [0.3, 0.4) is 0 Å². The maximum absolute atomic E-state index is 12.0. The van der Waals surface area contributed by atoms with E-state index in [0.29, 0.717) is 6.42 Å². The van der Waals surface area contributed by atoms with Gasteiger partial charge in [0.2, 0.25) is 0 Å². The van der Waals surface area contributed by atoms with E-state index in [2.05, 4.69) is 0 Å². The van der Waals surface area contributed by atoms with Gasteiger partial charge >= 0.3 is 5.97 Å². The SMILES string of the molecule is CC(C)OC(=O)C12C=CC([CH]C1C=O)C2. The highest BCUT2D eigenvalue weighted by Crippen LogP contribution is 2.52. The van der Waals surface area contributed by atoms with E-state index in [1.165, 1.54) is 0 Å². The monoisotopic (exact) mass is 207 g/mol. The normalized spacial score (nSPS) is 37.3. The number of carbonyl (C=O) groups is 2. The first kappa shape index (κ1) is 10.4. The first-order chi connectivity index (χ1) is 7.08. The molecule has 1 saturated carbocycles. The van der Waals surface area contributed by atoms with Crippen LogP contribution < -0.4 is 0 Å². The van der Waals surface area contributed by atoms with Crippen LogP contribution in [0.1, 0.15) is 20.3 Å². The molecule has 81 valence electrons. The largest absolute Gasteiger partial charge is 0.462 e. The predicted octanol–water partition coefficient (Wildman–Crippen LogP) is 1.53. The summed E-state index contributed by atoms with van der Waals surface area (Å²) >= 11 is 0. The Morgan fingerprint density at radius 1 is 1.60 bits per heavy atom. The highest BCUT2D eigenvalue weighted by atomic mass is 16.5. The third-order valence-corrected chi connectivity index (χ3v) is 3.13. The van der Waals surface area contributed by atoms with Crippen molar-refractivity contribution in [3.63, 3.8) is 0 Å². The minimum absolute atomic E-state index is 0.132. The molecule has 15 heavy (non-hydrogen) atoms. The molecule has 0 aromatic rings. The molecule has 2 aliphatic carbocycles. The molecule has 0 aromatic heterocycles. The highest BCUT2D eigenvalue weighted by Gasteiger charge is 2.55. The fourth-order valence-corrected chi connectivity index (χ4v) is 2.42. The first-order valence-electron chi connectivity index (χ1n) is 5.29. The van der Waals surface area contributed by atoms with E-state index in [4.69, 9.17) is 4.74 Å². The summed E-state index contributed by atoms with van der Waals surface area (Å²) in [4.78, 5) is 22.9. The number of rotatable bonds is 3. The van der Waals surface area contributed by atoms with Crippen LogP contribution in [0.25, 0.3) is 0 Å². The maximum Gasteiger partial charge on any atom is 0.316 e. The van der Waals surface area contributed by atoms with E-state index >= 15 is 0 Å². The van der Waals surface area contributed by atoms with Crippen LogP contribution >= 0.6 is 0 Å². The molecular weight excluding hydrogens is 192 g/mol. The molecule has 2 rings (SSSR count). The molecule has 0 amide bonds. The number of hydrogen-bond donors (Lipinski definition) is 0. The minimum atomic E-state index is -0.698. The summed E-state index contributed by atoms with van der Waals surface area (Å²) in [7, 11) is 0. The van der Waals surface area contributed by atoms with Crippen LogP contribution in [0, 0.1) is 23.7 Å². The van der Waals surface area contributed by atoms with Crippen molar-refractivity contribution in [2.24, 2.45) is 17.3 Å². The number of allylic oxidation sites excluding steroid dienone is 1. The van der Waals surface area contributed by atoms with Gasteiger partial charge in [-0.15, -0.1) is 0 Å². The lowest BCUT2D eigenvalue weighted by atomic mass is 9.79. The van der Waals surface area contributed by atoms with Crippen LogP contribution in [-0.4, -0.2) is 18.4 Å². The number of aldehydes is 1. The van der Waals surface area contributed by atoms with Gasteiger partial charge in [0.05, 0.1) is 11.5 Å². The van der Waals surface area contributed by atoms with Crippen LogP contribution in [-0.2, 0) is 14.3 Å². The van der Waals surface area contributed by atoms with Crippen molar-refractivity contribution in [1.29, 1.82) is 0 Å². The van der Waals surface area contributed by atoms with Gasteiger partial charge in [-0.3, -0.25) is 4.79 Å². The smallest absolute Gasteiger partial charge is 0.316 e. The summed E-state index contributed by atoms with van der Waals surface area (Å²) in [5.41, 5.74) is -0.698. The standard InChI is InChI=1S/C12H15O3/c1-8(2)15-11(14)12-4-3-9(6-12)5-10(12)7-13/h3-5,7-10H,6H2,1-2H3. The van der Waals surface area contributed by atoms with Gasteiger partial charge in [-0.05, 0) is 32.6 Å². The second-order valence-electron chi connectivity index (χ2n) is 4.58. The average molecular weight is 207 g/mol. The summed E-state index contributed by atoms with van der Waals surface area (Å²) in [5.74, 6) is -0.305. The van der Waals surface area contributed by atoms with E-state index < -0.39 is 5.41 Å². The summed E-state index contributed by atoms with van der Waals surface area (Å²) in [5, 5.41) is 0. The molecule has 3 atom stereocenters. The summed E-state index contributed by atoms with van der Waals surface area (Å²) < 4.78 is 5.22. The summed E-state index contributed by atoms with van der Waals surface area (Å²) in [6, 6.07) is 0. The lowest BCUT2D eigenvalue weighted by Crippen LogP contribution is -2.36. The molecule has 3 heteroatoms. The Morgan fingerprint density at radius 3 is 2.87 bits per heavy atom. The Bertz CT molecular complexity index is 319. The zero-order chi connectivity index (χ0) is 11.1. The molecule has 0 aromatic carbocycles. The first-order valence-corrected chi connectivity index (χ1v) is 5.29. The topological polar surface area (TPSA) is 43.4 Å². The zero-order valence-electron chi connectivity index (χ0n) is 8.97. The van der Waals surface area contributed by atoms with Crippen molar-refractivity contribution in [3.05, 3.63) is 18.6 Å². The van der Waals surface area contributed by atoms with Crippen LogP contribution in [0.5, 0.6) is 0 Å². The van der Waals surface area contributed by atoms with Gasteiger partial charge < -0.3 is 9.53 Å². The third-order valence-electron chi connectivity index (χ3n) is 3.13. The summed E-state index contributed by atoms with van der Waals surface area (Å²) in [6.45, 7) is 3.64. The molecule has 3 nitrogen and oxygen atoms in total. The zero-order valence-corrected chi connectivity index (χ0v) is 8.97. The minimum Gasteiger partial charge on any atom is -0.462 e. The van der Waals surface area contributed by atoms with E-state index in [0.717, 1.165) is 6.29 Å². The Labute approximate surface area is 89.5 Å². The number of hydrogen-bond acceptors (Lipinski definition) is 3. The number of carbonyl (C=O) groups excluding carboxylic acids is 2. The quantitative estimate of drug-likeness (QED) is 0.400. The molecule has 1 fully saturated rings. The van der Waals surface area contributed by atoms with Gasteiger partial charge in [-0.25, -0.2) is 0 Å². The van der Waals surface area contributed by atoms with Crippen molar-refractivity contribution < 1.29 is 14.3 Å². The molecule has 2 bridgehead atoms. The van der Waals surface area contributed by atoms with Crippen molar-refractivity contribution in [2.45, 2.75) is 26.4 Å². The van der Waals surface area contributed by atoms with Gasteiger partial charge in [0, 0.05) is 5.92 Å². The predicted molar refractivity (Wildman–Crippen MR) is 54.8 cm³/mol. The van der Waals surface area contributed by atoms with Gasteiger partial charge in [0.1, 0.15) is 6.29 Å². The highest BCUT2D eigenvalue weighted by molar-refractivity contribution is 5.86. The lowest BCUT2D eigenvalue weighted by Gasteiger charge is -2.27. The average Bonchev–Trinajstić information content (AvgIpc) is 2.74. The maximum atomic E-state index is 12.0. The second-order valence-corrected chi connectivity index (χ2v) is 4.58. The fourth-order valence-electron chi connectivity index (χ4n) is 2.42. The molecule has 0 heterocycles. The molecule has 1 radical (unpaired) electrons. The van der Waals surface area contributed by atoms with E-state index in [-0.39, 0.29) is 23.9 Å². The van der Waals surface area contributed by atoms with Crippen molar-refractivity contribution in [2.75, 3.05) is 0 Å².